The number of carbonyl (C=O) groups is 1. The third-order valence-corrected chi connectivity index (χ3v) is 4.16. The molecule has 4 nitrogen and oxygen atoms in total. The summed E-state index contributed by atoms with van der Waals surface area (Å²) >= 11 is 1.54. The number of nitrogens with one attached hydrogen (secondary N) is 1. The van der Waals surface area contributed by atoms with Gasteiger partial charge >= 0.3 is 0 Å². The highest BCUT2D eigenvalue weighted by molar-refractivity contribution is 8.03. The van der Waals surface area contributed by atoms with Crippen LogP contribution in [0.4, 0.5) is 0 Å². The van der Waals surface area contributed by atoms with E-state index in [1.807, 2.05) is 14.0 Å². The number of allylic oxidation sites excluding steroid dienone is 1. The van der Waals surface area contributed by atoms with Crippen LogP contribution in [0.3, 0.4) is 0 Å². The van der Waals surface area contributed by atoms with Crippen molar-refractivity contribution in [2.24, 2.45) is 10.9 Å². The number of aldehydes is 1. The lowest BCUT2D eigenvalue weighted by Gasteiger charge is -2.34. The molecule has 0 atom stereocenters. The van der Waals surface area contributed by atoms with Gasteiger partial charge in [-0.1, -0.05) is 0 Å². The van der Waals surface area contributed by atoms with Crippen molar-refractivity contribution in [3.05, 3.63) is 10.7 Å². The van der Waals surface area contributed by atoms with Gasteiger partial charge in [-0.05, 0) is 46.0 Å². The first-order chi connectivity index (χ1) is 8.72. The van der Waals surface area contributed by atoms with E-state index in [0.29, 0.717) is 5.75 Å². The maximum atomic E-state index is 10.4. The van der Waals surface area contributed by atoms with Crippen molar-refractivity contribution in [1.29, 1.82) is 0 Å². The molecule has 1 rings (SSSR count). The van der Waals surface area contributed by atoms with Crippen LogP contribution in [0.1, 0.15) is 19.8 Å². The smallest absolute Gasteiger partial charge is 0.137 e. The Morgan fingerprint density at radius 3 is 2.72 bits per heavy atom. The summed E-state index contributed by atoms with van der Waals surface area (Å²) in [5, 5.41) is 3.24. The molecule has 1 heterocycles. The van der Waals surface area contributed by atoms with E-state index in [9.17, 15) is 4.79 Å². The Morgan fingerprint density at radius 2 is 2.22 bits per heavy atom. The van der Waals surface area contributed by atoms with Gasteiger partial charge in [0.1, 0.15) is 12.1 Å². The number of rotatable bonds is 7. The largest absolute Gasteiger partial charge is 0.356 e. The Balaban J connectivity index is 2.57. The minimum atomic E-state index is 0.487. The molecule has 0 amide bonds. The molecule has 1 fully saturated rings. The number of hydrogen-bond donors (Lipinski definition) is 1. The van der Waals surface area contributed by atoms with Crippen LogP contribution in [0, 0.1) is 5.92 Å². The quantitative estimate of drug-likeness (QED) is 0.565. The highest BCUT2D eigenvalue weighted by Gasteiger charge is 2.20. The molecule has 0 bridgehead atoms. The predicted molar refractivity (Wildman–Crippen MR) is 79.0 cm³/mol. The third kappa shape index (κ3) is 4.46. The van der Waals surface area contributed by atoms with Crippen molar-refractivity contribution in [3.8, 4) is 0 Å². The molecule has 0 aromatic heterocycles. The highest BCUT2D eigenvalue weighted by Crippen LogP contribution is 2.26. The van der Waals surface area contributed by atoms with E-state index in [4.69, 9.17) is 0 Å². The lowest BCUT2D eigenvalue weighted by Crippen LogP contribution is -2.36. The maximum absolute atomic E-state index is 10.4. The van der Waals surface area contributed by atoms with Crippen molar-refractivity contribution in [1.82, 2.24) is 10.2 Å². The summed E-state index contributed by atoms with van der Waals surface area (Å²) in [5.74, 6) is 2.20. The SMILES string of the molecule is C=N/C(=C(\C)SCC=O)N1CCC(CNC)CC1. The molecule has 1 N–H and O–H groups in total. The summed E-state index contributed by atoms with van der Waals surface area (Å²) in [4.78, 5) is 17.9. The Hall–Kier alpha value is -0.810. The van der Waals surface area contributed by atoms with Crippen LogP contribution in [0.5, 0.6) is 0 Å². The van der Waals surface area contributed by atoms with Crippen molar-refractivity contribution >= 4 is 24.8 Å². The van der Waals surface area contributed by atoms with Crippen LogP contribution in [-0.2, 0) is 4.79 Å². The molecule has 102 valence electrons. The van der Waals surface area contributed by atoms with Crippen LogP contribution in [0.25, 0.3) is 0 Å². The number of aliphatic imine (C=N–C) groups is 1. The maximum Gasteiger partial charge on any atom is 0.137 e. The average molecular weight is 269 g/mol. The molecule has 0 aliphatic carbocycles. The van der Waals surface area contributed by atoms with Gasteiger partial charge in [-0.25, -0.2) is 4.99 Å². The predicted octanol–water partition coefficient (Wildman–Crippen LogP) is 1.74. The highest BCUT2D eigenvalue weighted by atomic mass is 32.2. The molecule has 0 saturated carbocycles. The molecule has 18 heavy (non-hydrogen) atoms. The van der Waals surface area contributed by atoms with E-state index >= 15 is 0 Å². The van der Waals surface area contributed by atoms with E-state index in [-0.39, 0.29) is 0 Å². The molecule has 0 radical (unpaired) electrons. The van der Waals surface area contributed by atoms with Gasteiger partial charge in [0, 0.05) is 18.0 Å². The topological polar surface area (TPSA) is 44.7 Å². The van der Waals surface area contributed by atoms with E-state index in [1.165, 1.54) is 24.6 Å². The molecule has 1 saturated heterocycles. The number of likely N-dealkylation sites (tertiary alicyclic amines) is 1. The summed E-state index contributed by atoms with van der Waals surface area (Å²) in [7, 11) is 2.00. The second-order valence-electron chi connectivity index (χ2n) is 4.50. The first kappa shape index (κ1) is 15.2. The first-order valence-corrected chi connectivity index (χ1v) is 7.35. The number of hydrogen-bond acceptors (Lipinski definition) is 5. The molecule has 5 heteroatoms. The number of thioether (sulfide) groups is 1. The standard InChI is InChI=1S/C13H23N3OS/c1-11(18-9-8-17)13(15-3)16-6-4-12(5-7-16)10-14-2/h8,12,14H,3-7,9-10H2,1-2H3/b13-11-. The fraction of sp³-hybridized carbons (Fsp3) is 0.692. The minimum absolute atomic E-state index is 0.487. The molecule has 1 aliphatic heterocycles. The van der Waals surface area contributed by atoms with Gasteiger partial charge in [-0.2, -0.15) is 0 Å². The second kappa shape index (κ2) is 8.32. The summed E-state index contributed by atoms with van der Waals surface area (Å²) in [5.41, 5.74) is 0. The van der Waals surface area contributed by atoms with Crippen LogP contribution in [-0.4, -0.2) is 50.3 Å². The zero-order valence-electron chi connectivity index (χ0n) is 11.3. The van der Waals surface area contributed by atoms with E-state index in [0.717, 1.165) is 42.6 Å². The van der Waals surface area contributed by atoms with Gasteiger partial charge in [0.05, 0.1) is 5.75 Å². The lowest BCUT2D eigenvalue weighted by atomic mass is 9.97. The Bertz CT molecular complexity index is 309. The summed E-state index contributed by atoms with van der Waals surface area (Å²) in [6.45, 7) is 8.81. The van der Waals surface area contributed by atoms with Crippen LogP contribution in [0.2, 0.25) is 0 Å². The van der Waals surface area contributed by atoms with E-state index in [2.05, 4.69) is 21.9 Å². The zero-order valence-corrected chi connectivity index (χ0v) is 12.1. The molecular formula is C13H23N3OS. The number of piperidine rings is 1. The summed E-state index contributed by atoms with van der Waals surface area (Å²) in [6.07, 6.45) is 3.30. The fourth-order valence-corrected chi connectivity index (χ4v) is 2.94. The molecule has 0 aromatic rings. The van der Waals surface area contributed by atoms with E-state index in [1.54, 1.807) is 0 Å². The molecule has 0 aromatic carbocycles. The molecular weight excluding hydrogens is 246 g/mol. The Labute approximate surface area is 114 Å². The fourth-order valence-electron chi connectivity index (χ4n) is 2.30. The van der Waals surface area contributed by atoms with Crippen molar-refractivity contribution in [2.75, 3.05) is 32.4 Å². The molecule has 1 aliphatic rings. The van der Waals surface area contributed by atoms with Crippen LogP contribution < -0.4 is 5.32 Å². The third-order valence-electron chi connectivity index (χ3n) is 3.24. The van der Waals surface area contributed by atoms with Gasteiger partial charge in [0.2, 0.25) is 0 Å². The van der Waals surface area contributed by atoms with Crippen molar-refractivity contribution in [2.45, 2.75) is 19.8 Å². The number of nitrogens with zero attached hydrogens (tertiary/aromatic N) is 2. The van der Waals surface area contributed by atoms with Crippen LogP contribution >= 0.6 is 11.8 Å². The minimum Gasteiger partial charge on any atom is -0.356 e. The summed E-state index contributed by atoms with van der Waals surface area (Å²) < 4.78 is 0. The average Bonchev–Trinajstić information content (AvgIpc) is 2.39. The Morgan fingerprint density at radius 1 is 1.56 bits per heavy atom. The van der Waals surface area contributed by atoms with Gasteiger partial charge in [0.25, 0.3) is 0 Å². The first-order valence-electron chi connectivity index (χ1n) is 6.36. The van der Waals surface area contributed by atoms with Crippen molar-refractivity contribution in [3.63, 3.8) is 0 Å². The van der Waals surface area contributed by atoms with Crippen LogP contribution in [0.15, 0.2) is 15.7 Å². The summed E-state index contributed by atoms with van der Waals surface area (Å²) in [6, 6.07) is 0. The van der Waals surface area contributed by atoms with Crippen molar-refractivity contribution < 1.29 is 4.79 Å². The monoisotopic (exact) mass is 269 g/mol. The lowest BCUT2D eigenvalue weighted by molar-refractivity contribution is -0.105. The Kier molecular flexibility index (Phi) is 7.05. The van der Waals surface area contributed by atoms with Gasteiger partial charge in [0.15, 0.2) is 0 Å². The van der Waals surface area contributed by atoms with Gasteiger partial charge in [-0.15, -0.1) is 11.8 Å². The molecule has 0 unspecified atom stereocenters. The normalized spacial score (nSPS) is 18.4. The number of carbonyl (C=O) groups excluding carboxylic acids is 1. The van der Waals surface area contributed by atoms with E-state index < -0.39 is 0 Å². The zero-order chi connectivity index (χ0) is 13.4. The second-order valence-corrected chi connectivity index (χ2v) is 5.74. The molecule has 0 spiro atoms. The van der Waals surface area contributed by atoms with Gasteiger partial charge < -0.3 is 15.0 Å². The van der Waals surface area contributed by atoms with Gasteiger partial charge in [-0.3, -0.25) is 0 Å².